The maximum Gasteiger partial charge on any atom is 0.410 e. The van der Waals surface area contributed by atoms with Gasteiger partial charge in [-0.05, 0) is 49.9 Å². The van der Waals surface area contributed by atoms with Crippen LogP contribution >= 0.6 is 0 Å². The minimum atomic E-state index is -0.293. The van der Waals surface area contributed by atoms with E-state index in [1.807, 2.05) is 109 Å². The molecule has 0 aromatic heterocycles. The van der Waals surface area contributed by atoms with Gasteiger partial charge in [-0.25, -0.2) is 9.59 Å². The average Bonchev–Trinajstić information content (AvgIpc) is 4.36. The highest BCUT2D eigenvalue weighted by molar-refractivity contribution is 6.13. The number of carbonyl (C=O) groups excluding carboxylic acids is 2. The number of nitrogens with zero attached hydrogens (tertiary/aromatic N) is 4. The Morgan fingerprint density at radius 3 is 1.20 bits per heavy atom. The van der Waals surface area contributed by atoms with Crippen LogP contribution in [0.5, 0.6) is 0 Å². The largest absolute Gasteiger partial charge is 0.445 e. The number of rotatable bonds is 12. The lowest BCUT2D eigenvalue weighted by molar-refractivity contribution is 0.120. The number of hydrogen-bond donors (Lipinski definition) is 5. The van der Waals surface area contributed by atoms with Gasteiger partial charge in [0.25, 0.3) is 0 Å². The summed E-state index contributed by atoms with van der Waals surface area (Å²) in [5.74, 6) is 0. The number of benzene rings is 6. The summed E-state index contributed by atoms with van der Waals surface area (Å²) in [5, 5.41) is 14.5. The Kier molecular flexibility index (Phi) is 24.6. The van der Waals surface area contributed by atoms with E-state index < -0.39 is 0 Å². The molecule has 76 heavy (non-hydrogen) atoms. The zero-order valence-electron chi connectivity index (χ0n) is 43.7. The molecule has 6 aromatic rings. The summed E-state index contributed by atoms with van der Waals surface area (Å²) in [5.41, 5.74) is 20.2. The average molecular weight is 1020 g/mol. The highest BCUT2D eigenvalue weighted by Gasteiger charge is 2.28. The van der Waals surface area contributed by atoms with Crippen LogP contribution in [-0.4, -0.2) is 129 Å². The first-order valence-corrected chi connectivity index (χ1v) is 26.3. The van der Waals surface area contributed by atoms with E-state index in [0.717, 1.165) is 85.5 Å². The van der Waals surface area contributed by atoms with E-state index in [1.165, 1.54) is 11.1 Å². The fourth-order valence-electron chi connectivity index (χ4n) is 8.59. The Balaban J connectivity index is 0.000000164. The van der Waals surface area contributed by atoms with E-state index in [1.54, 1.807) is 22.0 Å². The highest BCUT2D eigenvalue weighted by atomic mass is 16.6. The molecule has 396 valence electrons. The number of likely N-dealkylation sites (tertiary alicyclic amines) is 2. The Morgan fingerprint density at radius 1 is 0.500 bits per heavy atom. The minimum Gasteiger partial charge on any atom is -0.445 e. The lowest BCUT2D eigenvalue weighted by atomic mass is 10.0. The fourth-order valence-corrected chi connectivity index (χ4v) is 8.59. The van der Waals surface area contributed by atoms with E-state index in [4.69, 9.17) is 36.3 Å². The van der Waals surface area contributed by atoms with Crippen LogP contribution in [0.15, 0.2) is 217 Å². The van der Waals surface area contributed by atoms with Crippen molar-refractivity contribution in [2.45, 2.75) is 49.9 Å². The third-order valence-corrected chi connectivity index (χ3v) is 12.6. The number of hydrogen-bond acceptors (Lipinski definition) is 11. The zero-order valence-corrected chi connectivity index (χ0v) is 43.7. The molecule has 2 amide bonds. The molecule has 13 heteroatoms. The van der Waals surface area contributed by atoms with E-state index >= 15 is 0 Å². The van der Waals surface area contributed by atoms with Crippen LogP contribution in [0.3, 0.4) is 0 Å². The number of nitrogens with two attached hydrogens (primary N) is 2. The van der Waals surface area contributed by atoms with Crippen molar-refractivity contribution in [3.63, 3.8) is 0 Å². The van der Waals surface area contributed by atoms with Crippen molar-refractivity contribution in [2.24, 2.45) is 21.5 Å². The molecule has 4 atom stereocenters. The Labute approximate surface area is 450 Å². The molecule has 4 saturated heterocycles. The normalized spacial score (nSPS) is 18.0. The van der Waals surface area contributed by atoms with Gasteiger partial charge in [-0.1, -0.05) is 207 Å². The Morgan fingerprint density at radius 2 is 0.868 bits per heavy atom. The lowest BCUT2D eigenvalue weighted by Gasteiger charge is -2.15. The topological polar surface area (TPSA) is 184 Å². The van der Waals surface area contributed by atoms with Gasteiger partial charge in [0.05, 0.1) is 29.2 Å². The van der Waals surface area contributed by atoms with Gasteiger partial charge in [-0.3, -0.25) is 15.4 Å². The number of aliphatic imine (C=N–C) groups is 2. The van der Waals surface area contributed by atoms with Gasteiger partial charge in [-0.15, -0.1) is 0 Å². The van der Waals surface area contributed by atoms with Crippen molar-refractivity contribution >= 4 is 29.3 Å². The van der Waals surface area contributed by atoms with Crippen molar-refractivity contribution in [1.29, 1.82) is 5.41 Å². The first kappa shape index (κ1) is 57.5. The van der Waals surface area contributed by atoms with Gasteiger partial charge in [0, 0.05) is 73.6 Å². The monoisotopic (exact) mass is 1020 g/mol. The number of carbonyl (C=O) groups is 2. The van der Waals surface area contributed by atoms with E-state index in [2.05, 4.69) is 96.6 Å². The van der Waals surface area contributed by atoms with Crippen molar-refractivity contribution in [1.82, 2.24) is 20.4 Å². The molecule has 13 nitrogen and oxygen atoms in total. The summed E-state index contributed by atoms with van der Waals surface area (Å²) in [6.45, 7) is 14.3. The molecule has 0 saturated carbocycles. The molecule has 0 bridgehead atoms. The predicted octanol–water partition coefficient (Wildman–Crippen LogP) is 9.56. The van der Waals surface area contributed by atoms with Gasteiger partial charge < -0.3 is 41.4 Å². The third kappa shape index (κ3) is 19.5. The molecule has 6 aromatic carbocycles. The van der Waals surface area contributed by atoms with Crippen LogP contribution in [0.4, 0.5) is 9.59 Å². The van der Waals surface area contributed by atoms with Crippen LogP contribution < -0.4 is 22.1 Å². The SMILES string of the molecule is C=CCOC(=O)N1CC[C@@H](N)C1.C=CCOC(=O)N1CC[C@@H](N=C(c2ccccc2)c2ccccc2)C1.N=C(c1ccccc1)c1ccccc1.N[C@@H]1CCNC1.c1ccc(C(=N[C@@H]2CCNC2)c2ccccc2)cc1. The molecule has 4 fully saturated rings. The molecular formula is C63H75N9O4. The standard InChI is InChI=1S/C21H22N2O2.C17H18N2.C13H11N.C8H14N2O2.C4H10N2/c1-2-15-25-21(24)23-14-13-19(16-23)22-20(17-9-5-3-6-10-17)18-11-7-4-8-12-18;1-3-7-14(8-4-1)17(15-9-5-2-6-10-15)19-16-11-12-18-13-16;14-13(11-7-3-1-4-8-11)12-9-5-2-6-10-12;1-2-5-12-8(11)10-4-3-7(9)6-10;5-4-1-2-6-3-4/h2-12,19H,1,13-16H2;1-10,16,18H,11-13H2;1-10,14H;2,7H,1,3-6,9H2;4,6H,1-3,5H2/t19-;16-;;7-;4-/m11.11/s1. The van der Waals surface area contributed by atoms with Crippen molar-refractivity contribution < 1.29 is 19.1 Å². The number of nitrogens with one attached hydrogen (secondary N) is 3. The Hall–Kier alpha value is -7.81. The summed E-state index contributed by atoms with van der Waals surface area (Å²) in [4.78, 5) is 36.4. The van der Waals surface area contributed by atoms with Crippen molar-refractivity contribution in [3.05, 3.63) is 241 Å². The highest BCUT2D eigenvalue weighted by Crippen LogP contribution is 2.19. The second-order valence-corrected chi connectivity index (χ2v) is 18.5. The first-order valence-electron chi connectivity index (χ1n) is 26.3. The maximum atomic E-state index is 12.0. The van der Waals surface area contributed by atoms with E-state index in [9.17, 15) is 9.59 Å². The number of amides is 2. The summed E-state index contributed by atoms with van der Waals surface area (Å²) < 4.78 is 9.95. The second-order valence-electron chi connectivity index (χ2n) is 18.5. The van der Waals surface area contributed by atoms with E-state index in [-0.39, 0.29) is 37.5 Å². The molecule has 0 radical (unpaired) electrons. The van der Waals surface area contributed by atoms with Crippen molar-refractivity contribution in [3.8, 4) is 0 Å². The third-order valence-electron chi connectivity index (χ3n) is 12.6. The first-order chi connectivity index (χ1) is 37.2. The summed E-state index contributed by atoms with van der Waals surface area (Å²) >= 11 is 0. The summed E-state index contributed by atoms with van der Waals surface area (Å²) in [7, 11) is 0. The Bertz CT molecular complexity index is 2580. The van der Waals surface area contributed by atoms with Gasteiger partial charge >= 0.3 is 12.2 Å². The molecule has 7 N–H and O–H groups in total. The summed E-state index contributed by atoms with van der Waals surface area (Å²) in [6.07, 6.45) is 6.53. The fraction of sp³-hybridized carbons (Fsp3) is 0.286. The molecular weight excluding hydrogens is 947 g/mol. The van der Waals surface area contributed by atoms with Gasteiger partial charge in [0.2, 0.25) is 0 Å². The predicted molar refractivity (Wildman–Crippen MR) is 310 cm³/mol. The quantitative estimate of drug-likeness (QED) is 0.0593. The number of ether oxygens (including phenoxy) is 2. The molecule has 4 aliphatic heterocycles. The van der Waals surface area contributed by atoms with Crippen LogP contribution in [0, 0.1) is 5.41 Å². The van der Waals surface area contributed by atoms with Crippen LogP contribution in [0.2, 0.25) is 0 Å². The summed E-state index contributed by atoms with van der Waals surface area (Å²) in [6, 6.07) is 61.8. The lowest BCUT2D eigenvalue weighted by Crippen LogP contribution is -2.32. The van der Waals surface area contributed by atoms with Gasteiger partial charge in [0.15, 0.2) is 0 Å². The van der Waals surface area contributed by atoms with Crippen LogP contribution in [-0.2, 0) is 9.47 Å². The molecule has 0 spiro atoms. The molecule has 4 heterocycles. The van der Waals surface area contributed by atoms with Gasteiger partial charge in [0.1, 0.15) is 13.2 Å². The van der Waals surface area contributed by atoms with Crippen LogP contribution in [0.1, 0.15) is 59.1 Å². The second kappa shape index (κ2) is 32.5. The molecule has 0 aliphatic carbocycles. The maximum absolute atomic E-state index is 12.0. The van der Waals surface area contributed by atoms with E-state index in [0.29, 0.717) is 44.0 Å². The molecule has 10 rings (SSSR count). The smallest absolute Gasteiger partial charge is 0.410 e. The zero-order chi connectivity index (χ0) is 53.6. The van der Waals surface area contributed by atoms with Crippen LogP contribution in [0.25, 0.3) is 0 Å². The minimum absolute atomic E-state index is 0.0756. The van der Waals surface area contributed by atoms with Crippen molar-refractivity contribution in [2.75, 3.05) is 65.6 Å². The van der Waals surface area contributed by atoms with Gasteiger partial charge in [-0.2, -0.15) is 0 Å². The molecule has 4 aliphatic rings. The molecule has 0 unspecified atom stereocenters.